The van der Waals surface area contributed by atoms with Crippen LogP contribution in [0.1, 0.15) is 23.4 Å². The van der Waals surface area contributed by atoms with Crippen LogP contribution >= 0.6 is 0 Å². The Hall–Kier alpha value is -3.68. The van der Waals surface area contributed by atoms with Gasteiger partial charge in [0.1, 0.15) is 0 Å². The number of carbonyl (C=O) groups is 2. The highest BCUT2D eigenvalue weighted by Crippen LogP contribution is 2.29. The van der Waals surface area contributed by atoms with Crippen LogP contribution in [0.3, 0.4) is 0 Å². The van der Waals surface area contributed by atoms with Gasteiger partial charge in [0, 0.05) is 63.0 Å². The van der Waals surface area contributed by atoms with Crippen molar-refractivity contribution in [1.82, 2.24) is 15.0 Å². The fourth-order valence-corrected chi connectivity index (χ4v) is 4.70. The molecule has 3 aromatic rings. The smallest absolute Gasteiger partial charge is 0.228 e. The van der Waals surface area contributed by atoms with Crippen molar-refractivity contribution in [2.24, 2.45) is 5.92 Å². The second-order valence-corrected chi connectivity index (χ2v) is 9.17. The molecule has 34 heavy (non-hydrogen) atoms. The molecule has 0 radical (unpaired) electrons. The largest absolute Gasteiger partial charge is 0.368 e. The minimum Gasteiger partial charge on any atom is -0.368 e. The minimum absolute atomic E-state index is 0.0251. The molecule has 2 saturated heterocycles. The number of carbonyl (C=O) groups excluding carboxylic acids is 2. The Morgan fingerprint density at radius 2 is 1.65 bits per heavy atom. The van der Waals surface area contributed by atoms with Crippen LogP contribution < -0.4 is 9.80 Å². The first kappa shape index (κ1) is 22.1. The third-order valence-electron chi connectivity index (χ3n) is 6.89. The summed E-state index contributed by atoms with van der Waals surface area (Å²) in [6.07, 6.45) is 0.281. The summed E-state index contributed by atoms with van der Waals surface area (Å²) in [5, 5.41) is 3.96. The van der Waals surface area contributed by atoms with Gasteiger partial charge in [0.25, 0.3) is 0 Å². The number of aromatic nitrogens is 2. The van der Waals surface area contributed by atoms with Crippen molar-refractivity contribution in [1.29, 1.82) is 0 Å². The molecule has 2 aliphatic heterocycles. The fraction of sp³-hybridized carbons (Fsp3) is 0.385. The van der Waals surface area contributed by atoms with E-state index in [9.17, 15) is 9.59 Å². The molecule has 0 spiro atoms. The van der Waals surface area contributed by atoms with E-state index >= 15 is 0 Å². The zero-order chi connectivity index (χ0) is 23.8. The number of nitrogens with zero attached hydrogens (tertiary/aromatic N) is 5. The maximum absolute atomic E-state index is 13.2. The molecule has 0 bridgehead atoms. The molecule has 2 aliphatic rings. The van der Waals surface area contributed by atoms with Gasteiger partial charge < -0.3 is 19.2 Å². The lowest BCUT2D eigenvalue weighted by molar-refractivity contribution is -0.136. The van der Waals surface area contributed by atoms with Gasteiger partial charge in [-0.25, -0.2) is 0 Å². The first-order chi connectivity index (χ1) is 16.4. The Morgan fingerprint density at radius 1 is 0.941 bits per heavy atom. The zero-order valence-corrected chi connectivity index (χ0v) is 19.8. The van der Waals surface area contributed by atoms with E-state index in [-0.39, 0.29) is 24.2 Å². The molecule has 0 unspecified atom stereocenters. The Labute approximate surface area is 199 Å². The summed E-state index contributed by atoms with van der Waals surface area (Å²) < 4.78 is 5.06. The van der Waals surface area contributed by atoms with E-state index in [0.717, 1.165) is 35.6 Å². The Kier molecular flexibility index (Phi) is 5.81. The number of hydrogen-bond acceptors (Lipinski definition) is 6. The number of hydrogen-bond donors (Lipinski definition) is 0. The third kappa shape index (κ3) is 4.27. The van der Waals surface area contributed by atoms with Crippen LogP contribution in [0.5, 0.6) is 0 Å². The summed E-state index contributed by atoms with van der Waals surface area (Å²) in [4.78, 5) is 36.1. The maximum atomic E-state index is 13.2. The van der Waals surface area contributed by atoms with Gasteiger partial charge in [-0.1, -0.05) is 11.2 Å². The van der Waals surface area contributed by atoms with Crippen molar-refractivity contribution in [3.8, 4) is 11.4 Å². The first-order valence-electron chi connectivity index (χ1n) is 11.7. The summed E-state index contributed by atoms with van der Waals surface area (Å²) in [5.74, 6) is 0.957. The van der Waals surface area contributed by atoms with E-state index < -0.39 is 0 Å². The minimum atomic E-state index is -0.279. The number of benzene rings is 2. The van der Waals surface area contributed by atoms with Gasteiger partial charge in [-0.15, -0.1) is 0 Å². The Bertz CT molecular complexity index is 1210. The van der Waals surface area contributed by atoms with E-state index in [4.69, 9.17) is 4.52 Å². The predicted molar refractivity (Wildman–Crippen MR) is 130 cm³/mol. The van der Waals surface area contributed by atoms with Gasteiger partial charge in [0.2, 0.25) is 23.5 Å². The number of rotatable bonds is 4. The summed E-state index contributed by atoms with van der Waals surface area (Å²) in [5.41, 5.74) is 5.24. The van der Waals surface area contributed by atoms with Gasteiger partial charge in [-0.05, 0) is 61.4 Å². The molecule has 5 rings (SSSR count). The van der Waals surface area contributed by atoms with Gasteiger partial charge in [-0.3, -0.25) is 9.59 Å². The lowest BCUT2D eigenvalue weighted by atomic mass is 10.1. The standard InChI is InChI=1S/C26H29N5O3/c1-17-4-7-23(14-18(17)2)31-16-21(15-24(31)32)26(33)30-12-10-29(11-13-30)22-8-5-20(6-9-22)25-27-19(3)34-28-25/h4-9,14,21H,10-13,15-16H2,1-3H3/t21-/m1/s1. The third-order valence-corrected chi connectivity index (χ3v) is 6.89. The molecule has 1 atom stereocenters. The van der Waals surface area contributed by atoms with E-state index in [2.05, 4.69) is 34.1 Å². The molecule has 2 fully saturated rings. The first-order valence-corrected chi connectivity index (χ1v) is 11.7. The second-order valence-electron chi connectivity index (χ2n) is 9.17. The van der Waals surface area contributed by atoms with Crippen LogP contribution in [0.2, 0.25) is 0 Å². The second kappa shape index (κ2) is 8.93. The van der Waals surface area contributed by atoms with E-state index in [1.807, 2.05) is 42.2 Å². The topological polar surface area (TPSA) is 82.8 Å². The van der Waals surface area contributed by atoms with Crippen molar-refractivity contribution >= 4 is 23.2 Å². The SMILES string of the molecule is Cc1nc(-c2ccc(N3CCN(C(=O)[C@@H]4CC(=O)N(c5ccc(C)c(C)c5)C4)CC3)cc2)no1. The number of piperazine rings is 1. The molecular weight excluding hydrogens is 430 g/mol. The van der Waals surface area contributed by atoms with Crippen LogP contribution in [0.25, 0.3) is 11.4 Å². The summed E-state index contributed by atoms with van der Waals surface area (Å²) in [7, 11) is 0. The molecule has 1 aromatic heterocycles. The molecule has 3 heterocycles. The van der Waals surface area contributed by atoms with E-state index in [1.54, 1.807) is 11.8 Å². The fourth-order valence-electron chi connectivity index (χ4n) is 4.70. The van der Waals surface area contributed by atoms with Crippen molar-refractivity contribution in [2.45, 2.75) is 27.2 Å². The average molecular weight is 460 g/mol. The highest BCUT2D eigenvalue weighted by Gasteiger charge is 2.38. The Morgan fingerprint density at radius 3 is 2.29 bits per heavy atom. The molecule has 2 amide bonds. The molecule has 8 nitrogen and oxygen atoms in total. The molecular formula is C26H29N5O3. The summed E-state index contributed by atoms with van der Waals surface area (Å²) >= 11 is 0. The molecule has 0 aliphatic carbocycles. The van der Waals surface area contributed by atoms with E-state index in [0.29, 0.717) is 31.3 Å². The highest BCUT2D eigenvalue weighted by atomic mass is 16.5. The lowest BCUT2D eigenvalue weighted by Gasteiger charge is -2.37. The Balaban J connectivity index is 1.18. The highest BCUT2D eigenvalue weighted by molar-refractivity contribution is 6.00. The summed E-state index contributed by atoms with van der Waals surface area (Å²) in [6.45, 7) is 9.15. The number of aryl methyl sites for hydroxylation is 3. The zero-order valence-electron chi connectivity index (χ0n) is 19.8. The molecule has 2 aromatic carbocycles. The van der Waals surface area contributed by atoms with Gasteiger partial charge in [-0.2, -0.15) is 4.98 Å². The van der Waals surface area contributed by atoms with Gasteiger partial charge in [0.15, 0.2) is 0 Å². The molecule has 0 saturated carbocycles. The molecule has 8 heteroatoms. The monoisotopic (exact) mass is 459 g/mol. The van der Waals surface area contributed by atoms with Gasteiger partial charge >= 0.3 is 0 Å². The van der Waals surface area contributed by atoms with Crippen LogP contribution in [0.15, 0.2) is 47.0 Å². The maximum Gasteiger partial charge on any atom is 0.228 e. The van der Waals surface area contributed by atoms with Crippen molar-refractivity contribution in [2.75, 3.05) is 42.5 Å². The predicted octanol–water partition coefficient (Wildman–Crippen LogP) is 3.36. The summed E-state index contributed by atoms with van der Waals surface area (Å²) in [6, 6.07) is 14.1. The number of amides is 2. The van der Waals surface area contributed by atoms with Crippen LogP contribution in [-0.4, -0.2) is 59.6 Å². The van der Waals surface area contributed by atoms with Crippen LogP contribution in [-0.2, 0) is 9.59 Å². The molecule has 176 valence electrons. The lowest BCUT2D eigenvalue weighted by Crippen LogP contribution is -2.50. The van der Waals surface area contributed by atoms with Crippen LogP contribution in [0.4, 0.5) is 11.4 Å². The quantitative estimate of drug-likeness (QED) is 0.595. The van der Waals surface area contributed by atoms with Crippen molar-refractivity contribution < 1.29 is 14.1 Å². The van der Waals surface area contributed by atoms with Crippen LogP contribution in [0, 0.1) is 26.7 Å². The van der Waals surface area contributed by atoms with Crippen molar-refractivity contribution in [3.63, 3.8) is 0 Å². The van der Waals surface area contributed by atoms with E-state index in [1.165, 1.54) is 5.56 Å². The van der Waals surface area contributed by atoms with Crippen molar-refractivity contribution in [3.05, 3.63) is 59.5 Å². The van der Waals surface area contributed by atoms with Gasteiger partial charge in [0.05, 0.1) is 5.92 Å². The number of anilines is 2. The molecule has 0 N–H and O–H groups in total. The normalized spacial score (nSPS) is 18.6. The average Bonchev–Trinajstić information content (AvgIpc) is 3.46.